The highest BCUT2D eigenvalue weighted by Gasteiger charge is 2.14. The molecule has 0 aliphatic carbocycles. The third-order valence-electron chi connectivity index (χ3n) is 2.97. The molecule has 0 rings (SSSR count). The van der Waals surface area contributed by atoms with Gasteiger partial charge in [-0.2, -0.15) is 0 Å². The molecule has 0 heterocycles. The van der Waals surface area contributed by atoms with E-state index in [2.05, 4.69) is 26.1 Å². The Hall–Kier alpha value is -0.0900. The van der Waals surface area contributed by atoms with Crippen molar-refractivity contribution in [3.63, 3.8) is 0 Å². The van der Waals surface area contributed by atoms with Crippen molar-refractivity contribution >= 4 is 9.84 Å². The van der Waals surface area contributed by atoms with Crippen LogP contribution in [0.5, 0.6) is 0 Å². The highest BCUT2D eigenvalue weighted by molar-refractivity contribution is 7.90. The average molecular weight is 235 g/mol. The van der Waals surface area contributed by atoms with E-state index in [0.717, 1.165) is 6.42 Å². The summed E-state index contributed by atoms with van der Waals surface area (Å²) in [5.74, 6) is 0.902. The monoisotopic (exact) mass is 235 g/mol. The fourth-order valence-electron chi connectivity index (χ4n) is 1.44. The number of rotatable bonds is 7. The van der Waals surface area contributed by atoms with Gasteiger partial charge in [-0.25, -0.2) is 8.42 Å². The molecule has 0 radical (unpaired) electrons. The van der Waals surface area contributed by atoms with Crippen LogP contribution in [0, 0.1) is 5.92 Å². The highest BCUT2D eigenvalue weighted by Crippen LogP contribution is 2.08. The van der Waals surface area contributed by atoms with Crippen molar-refractivity contribution in [3.8, 4) is 0 Å². The summed E-state index contributed by atoms with van der Waals surface area (Å²) < 4.78 is 22.0. The van der Waals surface area contributed by atoms with Gasteiger partial charge in [0.2, 0.25) is 0 Å². The van der Waals surface area contributed by atoms with Gasteiger partial charge in [0.25, 0.3) is 0 Å². The van der Waals surface area contributed by atoms with Crippen LogP contribution >= 0.6 is 0 Å². The molecule has 3 unspecified atom stereocenters. The predicted molar refractivity (Wildman–Crippen MR) is 65.8 cm³/mol. The van der Waals surface area contributed by atoms with Crippen molar-refractivity contribution in [3.05, 3.63) is 0 Å². The van der Waals surface area contributed by atoms with Crippen LogP contribution in [0.2, 0.25) is 0 Å². The van der Waals surface area contributed by atoms with Gasteiger partial charge in [0, 0.05) is 18.3 Å². The van der Waals surface area contributed by atoms with E-state index in [-0.39, 0.29) is 11.8 Å². The molecule has 0 aromatic heterocycles. The molecule has 0 bridgehead atoms. The lowest BCUT2D eigenvalue weighted by Gasteiger charge is -2.24. The first-order valence-corrected chi connectivity index (χ1v) is 7.76. The van der Waals surface area contributed by atoms with Crippen molar-refractivity contribution in [1.29, 1.82) is 0 Å². The second kappa shape index (κ2) is 6.48. The van der Waals surface area contributed by atoms with Crippen LogP contribution < -0.4 is 5.32 Å². The molecule has 0 fully saturated rings. The third kappa shape index (κ3) is 7.79. The summed E-state index contributed by atoms with van der Waals surface area (Å²) in [7, 11) is -2.82. The third-order valence-corrected chi connectivity index (χ3v) is 3.94. The van der Waals surface area contributed by atoms with E-state index in [9.17, 15) is 8.42 Å². The first-order chi connectivity index (χ1) is 6.76. The first kappa shape index (κ1) is 14.9. The van der Waals surface area contributed by atoms with Gasteiger partial charge in [0.1, 0.15) is 9.84 Å². The Morgan fingerprint density at radius 2 is 1.73 bits per heavy atom. The fourth-order valence-corrected chi connectivity index (χ4v) is 2.22. The van der Waals surface area contributed by atoms with Gasteiger partial charge in [0.15, 0.2) is 0 Å². The van der Waals surface area contributed by atoms with Crippen LogP contribution in [0.4, 0.5) is 0 Å². The molecule has 1 N–H and O–H groups in total. The fraction of sp³-hybridized carbons (Fsp3) is 1.00. The lowest BCUT2D eigenvalue weighted by Crippen LogP contribution is -2.39. The molecule has 0 saturated carbocycles. The number of hydrogen-bond acceptors (Lipinski definition) is 3. The molecule has 0 amide bonds. The molecule has 0 saturated heterocycles. The molecular weight excluding hydrogens is 210 g/mol. The molecular formula is C11H25NO2S. The van der Waals surface area contributed by atoms with Gasteiger partial charge in [0.05, 0.1) is 5.75 Å². The van der Waals surface area contributed by atoms with E-state index in [1.165, 1.54) is 6.26 Å². The highest BCUT2D eigenvalue weighted by atomic mass is 32.2. The van der Waals surface area contributed by atoms with Crippen LogP contribution in [-0.2, 0) is 9.84 Å². The minimum Gasteiger partial charge on any atom is -0.311 e. The zero-order chi connectivity index (χ0) is 12.1. The summed E-state index contributed by atoms with van der Waals surface area (Å²) in [6.45, 7) is 8.58. The van der Waals surface area contributed by atoms with Crippen LogP contribution in [0.1, 0.15) is 40.5 Å². The van der Waals surface area contributed by atoms with Crippen molar-refractivity contribution in [1.82, 2.24) is 5.32 Å². The molecule has 3 atom stereocenters. The van der Waals surface area contributed by atoms with Crippen molar-refractivity contribution in [2.75, 3.05) is 12.0 Å². The summed E-state index contributed by atoms with van der Waals surface area (Å²) in [5, 5.41) is 3.44. The second-order valence-electron chi connectivity index (χ2n) is 4.66. The van der Waals surface area contributed by atoms with Crippen molar-refractivity contribution in [2.24, 2.45) is 5.92 Å². The predicted octanol–water partition coefficient (Wildman–Crippen LogP) is 1.83. The molecule has 0 aromatic carbocycles. The average Bonchev–Trinajstić information content (AvgIpc) is 2.12. The first-order valence-electron chi connectivity index (χ1n) is 5.70. The van der Waals surface area contributed by atoms with Crippen LogP contribution in [0.3, 0.4) is 0 Å². The molecule has 0 spiro atoms. The minimum absolute atomic E-state index is 0.267. The molecule has 3 nitrogen and oxygen atoms in total. The van der Waals surface area contributed by atoms with E-state index in [1.54, 1.807) is 0 Å². The van der Waals surface area contributed by atoms with Gasteiger partial charge < -0.3 is 5.32 Å². The Bertz CT molecular complexity index is 262. The Morgan fingerprint density at radius 3 is 2.13 bits per heavy atom. The molecule has 92 valence electrons. The Labute approximate surface area is 94.6 Å². The molecule has 15 heavy (non-hydrogen) atoms. The van der Waals surface area contributed by atoms with E-state index >= 15 is 0 Å². The largest absolute Gasteiger partial charge is 0.311 e. The SMILES string of the molecule is CCC(C)C(C)NC(C)CCS(C)(=O)=O. The van der Waals surface area contributed by atoms with E-state index < -0.39 is 9.84 Å². The summed E-state index contributed by atoms with van der Waals surface area (Å²) in [6, 6.07) is 0.716. The smallest absolute Gasteiger partial charge is 0.147 e. The topological polar surface area (TPSA) is 46.2 Å². The van der Waals surface area contributed by atoms with Gasteiger partial charge in [-0.15, -0.1) is 0 Å². The minimum atomic E-state index is -2.82. The second-order valence-corrected chi connectivity index (χ2v) is 6.92. The number of sulfone groups is 1. The van der Waals surface area contributed by atoms with E-state index in [1.807, 2.05) is 6.92 Å². The van der Waals surface area contributed by atoms with Crippen LogP contribution in [-0.4, -0.2) is 32.5 Å². The maximum absolute atomic E-state index is 11.0. The van der Waals surface area contributed by atoms with Gasteiger partial charge >= 0.3 is 0 Å². The molecule has 0 aliphatic heterocycles. The van der Waals surface area contributed by atoms with Gasteiger partial charge in [-0.05, 0) is 26.2 Å². The number of hydrogen-bond donors (Lipinski definition) is 1. The normalized spacial score (nSPS) is 18.5. The van der Waals surface area contributed by atoms with Gasteiger partial charge in [-0.1, -0.05) is 20.3 Å². The van der Waals surface area contributed by atoms with Crippen molar-refractivity contribution < 1.29 is 8.42 Å². The maximum atomic E-state index is 11.0. The molecule has 0 aromatic rings. The Balaban J connectivity index is 3.88. The molecule has 0 aliphatic rings. The lowest BCUT2D eigenvalue weighted by molar-refractivity contribution is 0.353. The van der Waals surface area contributed by atoms with Crippen LogP contribution in [0.25, 0.3) is 0 Å². The zero-order valence-electron chi connectivity index (χ0n) is 10.6. The summed E-state index contributed by atoms with van der Waals surface area (Å²) in [5.41, 5.74) is 0. The Morgan fingerprint density at radius 1 is 1.20 bits per heavy atom. The number of nitrogens with one attached hydrogen (secondary N) is 1. The van der Waals surface area contributed by atoms with Crippen molar-refractivity contribution in [2.45, 2.75) is 52.6 Å². The standard InChI is InChI=1S/C11H25NO2S/c1-6-9(2)11(4)12-10(3)7-8-15(5,13)14/h9-12H,6-8H2,1-5H3. The summed E-state index contributed by atoms with van der Waals surface area (Å²) in [4.78, 5) is 0. The van der Waals surface area contributed by atoms with E-state index in [4.69, 9.17) is 0 Å². The molecule has 4 heteroatoms. The summed E-state index contributed by atoms with van der Waals surface area (Å²) >= 11 is 0. The zero-order valence-corrected chi connectivity index (χ0v) is 11.4. The van der Waals surface area contributed by atoms with Crippen LogP contribution in [0.15, 0.2) is 0 Å². The maximum Gasteiger partial charge on any atom is 0.147 e. The quantitative estimate of drug-likeness (QED) is 0.732. The lowest BCUT2D eigenvalue weighted by atomic mass is 10.00. The summed E-state index contributed by atoms with van der Waals surface area (Å²) in [6.07, 6.45) is 3.13. The van der Waals surface area contributed by atoms with Gasteiger partial charge in [-0.3, -0.25) is 0 Å². The van der Waals surface area contributed by atoms with E-state index in [0.29, 0.717) is 18.4 Å². The Kier molecular flexibility index (Phi) is 6.44.